The zero-order valence-corrected chi connectivity index (χ0v) is 11.8. The van der Waals surface area contributed by atoms with E-state index in [0.717, 1.165) is 21.3 Å². The number of rotatable bonds is 3. The van der Waals surface area contributed by atoms with E-state index in [0.29, 0.717) is 6.42 Å². The number of nitrogens with one attached hydrogen (secondary N) is 1. The Hall–Kier alpha value is -1.13. The molecule has 88 valence electrons. The van der Waals surface area contributed by atoms with Gasteiger partial charge < -0.3 is 5.32 Å². The van der Waals surface area contributed by atoms with Crippen molar-refractivity contribution in [3.63, 3.8) is 0 Å². The lowest BCUT2D eigenvalue weighted by atomic mass is 10.2. The molecule has 0 aliphatic heterocycles. The second kappa shape index (κ2) is 5.47. The Morgan fingerprint density at radius 2 is 2.24 bits per heavy atom. The lowest BCUT2D eigenvalue weighted by Gasteiger charge is -2.07. The molecule has 1 amide bonds. The Balaban J connectivity index is 2.03. The van der Waals surface area contributed by atoms with E-state index < -0.39 is 0 Å². The van der Waals surface area contributed by atoms with Crippen molar-refractivity contribution in [2.24, 2.45) is 0 Å². The summed E-state index contributed by atoms with van der Waals surface area (Å²) in [5.74, 6) is 0.00736. The molecule has 0 saturated heterocycles. The Bertz CT molecular complexity index is 522. The molecule has 0 bridgehead atoms. The van der Waals surface area contributed by atoms with Crippen molar-refractivity contribution in [2.45, 2.75) is 13.3 Å². The van der Waals surface area contributed by atoms with Crippen molar-refractivity contribution in [3.8, 4) is 0 Å². The summed E-state index contributed by atoms with van der Waals surface area (Å²) >= 11 is 5.04. The third kappa shape index (κ3) is 3.41. The van der Waals surface area contributed by atoms with E-state index in [1.54, 1.807) is 11.3 Å². The normalized spacial score (nSPS) is 10.2. The molecule has 0 spiro atoms. The van der Waals surface area contributed by atoms with Gasteiger partial charge in [-0.2, -0.15) is 11.3 Å². The van der Waals surface area contributed by atoms with Gasteiger partial charge in [0.1, 0.15) is 0 Å². The molecule has 1 aromatic heterocycles. The first-order chi connectivity index (χ1) is 8.15. The van der Waals surface area contributed by atoms with E-state index in [2.05, 4.69) is 21.2 Å². The molecule has 0 aliphatic carbocycles. The third-order valence-corrected chi connectivity index (χ3v) is 3.73. The molecule has 0 aliphatic rings. The molecule has 0 unspecified atom stereocenters. The number of aryl methyl sites for hydroxylation is 1. The molecule has 1 heterocycles. The van der Waals surface area contributed by atoms with Crippen molar-refractivity contribution < 1.29 is 4.79 Å². The van der Waals surface area contributed by atoms with Crippen LogP contribution in [0.15, 0.2) is 39.5 Å². The molecular formula is C13H12BrNOS. The average Bonchev–Trinajstić information content (AvgIpc) is 2.75. The number of hydrogen-bond donors (Lipinski definition) is 1. The van der Waals surface area contributed by atoms with Gasteiger partial charge in [-0.25, -0.2) is 0 Å². The quantitative estimate of drug-likeness (QED) is 0.912. The fourth-order valence-corrected chi connectivity index (χ4v) is 2.76. The molecule has 2 nitrogen and oxygen atoms in total. The van der Waals surface area contributed by atoms with Crippen LogP contribution in [0.5, 0.6) is 0 Å². The maximum Gasteiger partial charge on any atom is 0.228 e. The largest absolute Gasteiger partial charge is 0.325 e. The fraction of sp³-hybridized carbons (Fsp3) is 0.154. The average molecular weight is 310 g/mol. The maximum atomic E-state index is 11.8. The van der Waals surface area contributed by atoms with E-state index >= 15 is 0 Å². The van der Waals surface area contributed by atoms with Crippen molar-refractivity contribution in [2.75, 3.05) is 5.32 Å². The number of halogens is 1. The predicted molar refractivity (Wildman–Crippen MR) is 75.5 cm³/mol. The molecule has 0 radical (unpaired) electrons. The second-order valence-electron chi connectivity index (χ2n) is 3.84. The minimum atomic E-state index is 0.00736. The summed E-state index contributed by atoms with van der Waals surface area (Å²) in [4.78, 5) is 11.8. The van der Waals surface area contributed by atoms with Crippen LogP contribution in [0, 0.1) is 6.92 Å². The summed E-state index contributed by atoms with van der Waals surface area (Å²) in [5.41, 5.74) is 3.03. The first-order valence-corrected chi connectivity index (χ1v) is 6.96. The zero-order chi connectivity index (χ0) is 12.3. The first kappa shape index (κ1) is 12.3. The molecule has 1 N–H and O–H groups in total. The Morgan fingerprint density at radius 3 is 2.88 bits per heavy atom. The minimum Gasteiger partial charge on any atom is -0.325 e. The Morgan fingerprint density at radius 1 is 1.41 bits per heavy atom. The van der Waals surface area contributed by atoms with E-state index in [1.807, 2.05) is 41.9 Å². The number of carbonyl (C=O) groups excluding carboxylic acids is 1. The van der Waals surface area contributed by atoms with Crippen LogP contribution in [0.3, 0.4) is 0 Å². The summed E-state index contributed by atoms with van der Waals surface area (Å²) < 4.78 is 0.913. The van der Waals surface area contributed by atoms with Crippen LogP contribution in [0.25, 0.3) is 0 Å². The molecule has 4 heteroatoms. The van der Waals surface area contributed by atoms with Crippen molar-refractivity contribution in [3.05, 3.63) is 50.6 Å². The fourth-order valence-electron chi connectivity index (χ4n) is 1.49. The van der Waals surface area contributed by atoms with Gasteiger partial charge in [-0.15, -0.1) is 0 Å². The predicted octanol–water partition coefficient (Wildman–Crippen LogP) is 4.00. The van der Waals surface area contributed by atoms with Crippen LogP contribution in [0.4, 0.5) is 5.69 Å². The Labute approximate surface area is 113 Å². The third-order valence-electron chi connectivity index (χ3n) is 2.34. The smallest absolute Gasteiger partial charge is 0.228 e. The summed E-state index contributed by atoms with van der Waals surface area (Å²) in [6, 6.07) is 7.84. The van der Waals surface area contributed by atoms with E-state index in [4.69, 9.17) is 0 Å². The lowest BCUT2D eigenvalue weighted by molar-refractivity contribution is -0.115. The highest BCUT2D eigenvalue weighted by Crippen LogP contribution is 2.23. The van der Waals surface area contributed by atoms with Crippen LogP contribution in [-0.2, 0) is 11.2 Å². The van der Waals surface area contributed by atoms with Crippen LogP contribution >= 0.6 is 27.3 Å². The van der Waals surface area contributed by atoms with Crippen LogP contribution in [-0.4, -0.2) is 5.91 Å². The van der Waals surface area contributed by atoms with Gasteiger partial charge in [-0.05, 0) is 62.9 Å². The summed E-state index contributed by atoms with van der Waals surface area (Å²) in [7, 11) is 0. The van der Waals surface area contributed by atoms with Gasteiger partial charge in [0.05, 0.1) is 12.1 Å². The molecule has 0 fully saturated rings. The summed E-state index contributed by atoms with van der Waals surface area (Å²) in [5, 5.41) is 6.86. The number of anilines is 1. The summed E-state index contributed by atoms with van der Waals surface area (Å²) in [6.07, 6.45) is 0.420. The topological polar surface area (TPSA) is 29.1 Å². The number of thiophene rings is 1. The van der Waals surface area contributed by atoms with Crippen molar-refractivity contribution >= 4 is 38.9 Å². The zero-order valence-electron chi connectivity index (χ0n) is 9.37. The highest BCUT2D eigenvalue weighted by Gasteiger charge is 2.06. The van der Waals surface area contributed by atoms with Crippen molar-refractivity contribution in [1.29, 1.82) is 0 Å². The first-order valence-electron chi connectivity index (χ1n) is 5.22. The number of carbonyl (C=O) groups is 1. The van der Waals surface area contributed by atoms with E-state index in [-0.39, 0.29) is 5.91 Å². The second-order valence-corrected chi connectivity index (χ2v) is 5.47. The molecule has 0 saturated carbocycles. The summed E-state index contributed by atoms with van der Waals surface area (Å²) in [6.45, 7) is 2.02. The molecule has 2 rings (SSSR count). The number of hydrogen-bond acceptors (Lipinski definition) is 2. The Kier molecular flexibility index (Phi) is 3.97. The van der Waals surface area contributed by atoms with Gasteiger partial charge >= 0.3 is 0 Å². The van der Waals surface area contributed by atoms with Gasteiger partial charge in [0.2, 0.25) is 5.91 Å². The highest BCUT2D eigenvalue weighted by molar-refractivity contribution is 9.10. The van der Waals surface area contributed by atoms with Gasteiger partial charge in [0.15, 0.2) is 0 Å². The number of amides is 1. The van der Waals surface area contributed by atoms with Crippen molar-refractivity contribution in [1.82, 2.24) is 0 Å². The monoisotopic (exact) mass is 309 g/mol. The van der Waals surface area contributed by atoms with E-state index in [9.17, 15) is 4.79 Å². The van der Waals surface area contributed by atoms with Crippen LogP contribution < -0.4 is 5.32 Å². The highest BCUT2D eigenvalue weighted by atomic mass is 79.9. The van der Waals surface area contributed by atoms with Gasteiger partial charge in [-0.1, -0.05) is 6.07 Å². The standard InChI is InChI=1S/C13H12BrNOS/c1-9-2-3-12(11(14)6-9)15-13(16)7-10-4-5-17-8-10/h2-6,8H,7H2,1H3,(H,15,16). The molecule has 0 atom stereocenters. The van der Waals surface area contributed by atoms with Crippen LogP contribution in [0.2, 0.25) is 0 Å². The number of benzene rings is 1. The lowest BCUT2D eigenvalue weighted by Crippen LogP contribution is -2.14. The minimum absolute atomic E-state index is 0.00736. The SMILES string of the molecule is Cc1ccc(NC(=O)Cc2ccsc2)c(Br)c1. The molecule has 17 heavy (non-hydrogen) atoms. The van der Waals surface area contributed by atoms with E-state index in [1.165, 1.54) is 0 Å². The van der Waals surface area contributed by atoms with Gasteiger partial charge in [-0.3, -0.25) is 4.79 Å². The van der Waals surface area contributed by atoms with Crippen LogP contribution in [0.1, 0.15) is 11.1 Å². The molecular weight excluding hydrogens is 298 g/mol. The van der Waals surface area contributed by atoms with Gasteiger partial charge in [0.25, 0.3) is 0 Å². The molecule has 1 aromatic carbocycles. The molecule has 2 aromatic rings. The maximum absolute atomic E-state index is 11.8. The van der Waals surface area contributed by atoms with Gasteiger partial charge in [0, 0.05) is 4.47 Å².